The Bertz CT molecular complexity index is 779. The zero-order valence-electron chi connectivity index (χ0n) is 17.3. The molecule has 0 radical (unpaired) electrons. The van der Waals surface area contributed by atoms with Crippen molar-refractivity contribution in [3.05, 3.63) is 32.6 Å². The van der Waals surface area contributed by atoms with Gasteiger partial charge in [0.05, 0.1) is 13.2 Å². The smallest absolute Gasteiger partial charge is 0.330 e. The lowest BCUT2D eigenvalue weighted by atomic mass is 9.95. The Morgan fingerprint density at radius 3 is 2.62 bits per heavy atom. The van der Waals surface area contributed by atoms with Gasteiger partial charge in [-0.1, -0.05) is 26.7 Å². The number of aromatic amines is 1. The van der Waals surface area contributed by atoms with Gasteiger partial charge >= 0.3 is 5.69 Å². The van der Waals surface area contributed by atoms with Crippen LogP contribution in [0.1, 0.15) is 51.3 Å². The SMILES string of the molecule is CCCCOC[C@@]1(CO)O[C@@H](n2cc(C)c(=O)[nH]c2=O)[C@@H](N=N)C1OCCCC. The molecule has 0 aromatic carbocycles. The standard InChI is InChI=1S/C19H32N4O6/c1-4-6-8-27-12-19(11-24)15(28-9-7-5-2)14(22-20)17(29-19)23-10-13(3)16(25)21-18(23)26/h10,14-15,17,20,24H,4-9,11-12H2,1-3H3,(H,21,25,26)/t14-,15?,17+,19+/m0/s1. The molecule has 1 unspecified atom stereocenters. The van der Waals surface area contributed by atoms with Crippen LogP contribution in [-0.2, 0) is 14.2 Å². The van der Waals surface area contributed by atoms with Crippen LogP contribution in [0.4, 0.5) is 0 Å². The monoisotopic (exact) mass is 412 g/mol. The summed E-state index contributed by atoms with van der Waals surface area (Å²) in [6, 6.07) is -0.878. The number of aliphatic hydroxyl groups excluding tert-OH is 1. The van der Waals surface area contributed by atoms with Gasteiger partial charge in [0.25, 0.3) is 5.56 Å². The number of hydrogen-bond acceptors (Lipinski definition) is 8. The minimum absolute atomic E-state index is 0.0416. The van der Waals surface area contributed by atoms with E-state index in [1.807, 2.05) is 13.8 Å². The predicted molar refractivity (Wildman–Crippen MR) is 105 cm³/mol. The van der Waals surface area contributed by atoms with Crippen molar-refractivity contribution < 1.29 is 19.3 Å². The van der Waals surface area contributed by atoms with Gasteiger partial charge in [-0.25, -0.2) is 10.3 Å². The van der Waals surface area contributed by atoms with Crippen LogP contribution in [0.3, 0.4) is 0 Å². The number of nitrogens with zero attached hydrogens (tertiary/aromatic N) is 2. The second-order valence-corrected chi connectivity index (χ2v) is 7.38. The van der Waals surface area contributed by atoms with Crippen LogP contribution in [0.2, 0.25) is 0 Å². The topological polar surface area (TPSA) is 139 Å². The van der Waals surface area contributed by atoms with Crippen LogP contribution in [-0.4, -0.2) is 58.8 Å². The number of aryl methyl sites for hydroxylation is 1. The summed E-state index contributed by atoms with van der Waals surface area (Å²) in [5.41, 5.74) is 5.59. The summed E-state index contributed by atoms with van der Waals surface area (Å²) in [6.45, 7) is 6.16. The lowest BCUT2D eigenvalue weighted by Crippen LogP contribution is -2.51. The number of hydrogen-bond donors (Lipinski definition) is 3. The second kappa shape index (κ2) is 10.8. The number of aliphatic hydroxyl groups is 1. The highest BCUT2D eigenvalue weighted by Gasteiger charge is 2.57. The first-order valence-electron chi connectivity index (χ1n) is 10.1. The first kappa shape index (κ1) is 23.4. The third-order valence-electron chi connectivity index (χ3n) is 5.10. The van der Waals surface area contributed by atoms with E-state index < -0.39 is 41.8 Å². The van der Waals surface area contributed by atoms with Crippen molar-refractivity contribution in [1.29, 1.82) is 5.53 Å². The van der Waals surface area contributed by atoms with Crippen LogP contribution in [0, 0.1) is 12.5 Å². The van der Waals surface area contributed by atoms with Crippen molar-refractivity contribution in [2.75, 3.05) is 26.4 Å². The Kier molecular flexibility index (Phi) is 8.69. The highest BCUT2D eigenvalue weighted by atomic mass is 16.6. The summed E-state index contributed by atoms with van der Waals surface area (Å²) in [7, 11) is 0. The van der Waals surface area contributed by atoms with Gasteiger partial charge in [0.1, 0.15) is 17.7 Å². The number of rotatable bonds is 12. The van der Waals surface area contributed by atoms with Crippen LogP contribution >= 0.6 is 0 Å². The summed E-state index contributed by atoms with van der Waals surface area (Å²) in [4.78, 5) is 26.4. The normalized spacial score (nSPS) is 26.7. The van der Waals surface area contributed by atoms with Gasteiger partial charge in [-0.15, -0.1) is 0 Å². The number of aromatic nitrogens is 2. The predicted octanol–water partition coefficient (Wildman–Crippen LogP) is 1.51. The minimum Gasteiger partial charge on any atom is -0.393 e. The summed E-state index contributed by atoms with van der Waals surface area (Å²) < 4.78 is 19.0. The Hall–Kier alpha value is -1.88. The molecule has 2 rings (SSSR count). The molecule has 0 bridgehead atoms. The molecule has 0 aliphatic carbocycles. The fourth-order valence-electron chi connectivity index (χ4n) is 3.35. The maximum atomic E-state index is 12.4. The molecule has 3 N–H and O–H groups in total. The van der Waals surface area contributed by atoms with Gasteiger partial charge in [-0.3, -0.25) is 14.3 Å². The van der Waals surface area contributed by atoms with E-state index in [4.69, 9.17) is 19.7 Å². The summed E-state index contributed by atoms with van der Waals surface area (Å²) >= 11 is 0. The van der Waals surface area contributed by atoms with E-state index >= 15 is 0 Å². The van der Waals surface area contributed by atoms with Gasteiger partial charge in [-0.2, -0.15) is 5.11 Å². The fraction of sp³-hybridized carbons (Fsp3) is 0.789. The molecule has 1 aliphatic heterocycles. The van der Waals surface area contributed by atoms with Crippen molar-refractivity contribution in [2.24, 2.45) is 5.11 Å². The molecule has 4 atom stereocenters. The van der Waals surface area contributed by atoms with Crippen LogP contribution in [0.15, 0.2) is 20.9 Å². The third-order valence-corrected chi connectivity index (χ3v) is 5.10. The van der Waals surface area contributed by atoms with Gasteiger partial charge in [-0.05, 0) is 19.8 Å². The number of unbranched alkanes of at least 4 members (excludes halogenated alkanes) is 2. The zero-order chi connectivity index (χ0) is 21.4. The van der Waals surface area contributed by atoms with E-state index in [2.05, 4.69) is 10.1 Å². The van der Waals surface area contributed by atoms with Gasteiger partial charge < -0.3 is 19.3 Å². The van der Waals surface area contributed by atoms with E-state index in [1.165, 1.54) is 10.8 Å². The molecule has 0 amide bonds. The Labute approximate surface area is 169 Å². The quantitative estimate of drug-likeness (QED) is 0.351. The average molecular weight is 412 g/mol. The molecule has 10 heteroatoms. The molecule has 10 nitrogen and oxygen atoms in total. The summed E-state index contributed by atoms with van der Waals surface area (Å²) in [5, 5.41) is 13.9. The first-order chi connectivity index (χ1) is 13.9. The Balaban J connectivity index is 2.40. The van der Waals surface area contributed by atoms with Crippen LogP contribution in [0.25, 0.3) is 0 Å². The second-order valence-electron chi connectivity index (χ2n) is 7.38. The lowest BCUT2D eigenvalue weighted by molar-refractivity contribution is -0.171. The third kappa shape index (κ3) is 5.19. The van der Waals surface area contributed by atoms with E-state index in [-0.39, 0.29) is 6.61 Å². The Morgan fingerprint density at radius 1 is 1.31 bits per heavy atom. The largest absolute Gasteiger partial charge is 0.393 e. The van der Waals surface area contributed by atoms with E-state index in [1.54, 1.807) is 6.92 Å². The fourth-order valence-corrected chi connectivity index (χ4v) is 3.35. The van der Waals surface area contributed by atoms with E-state index in [9.17, 15) is 14.7 Å². The zero-order valence-corrected chi connectivity index (χ0v) is 17.3. The van der Waals surface area contributed by atoms with Crippen LogP contribution in [0.5, 0.6) is 0 Å². The average Bonchev–Trinajstić information content (AvgIpc) is 3.02. The minimum atomic E-state index is -1.27. The Morgan fingerprint density at radius 2 is 2.00 bits per heavy atom. The molecule has 1 fully saturated rings. The molecule has 1 saturated heterocycles. The maximum absolute atomic E-state index is 12.4. The molecule has 2 heterocycles. The van der Waals surface area contributed by atoms with Crippen molar-refractivity contribution in [3.63, 3.8) is 0 Å². The molecule has 1 aliphatic rings. The maximum Gasteiger partial charge on any atom is 0.330 e. The van der Waals surface area contributed by atoms with E-state index in [0.29, 0.717) is 18.8 Å². The van der Waals surface area contributed by atoms with Crippen molar-refractivity contribution in [3.8, 4) is 0 Å². The van der Waals surface area contributed by atoms with Gasteiger partial charge in [0.15, 0.2) is 6.23 Å². The molecule has 0 saturated carbocycles. The lowest BCUT2D eigenvalue weighted by Gasteiger charge is -2.32. The molecule has 1 aromatic heterocycles. The number of ether oxygens (including phenoxy) is 3. The molecular weight excluding hydrogens is 380 g/mol. The van der Waals surface area contributed by atoms with Crippen LogP contribution < -0.4 is 11.2 Å². The molecule has 29 heavy (non-hydrogen) atoms. The molecule has 164 valence electrons. The molecule has 1 aromatic rings. The van der Waals surface area contributed by atoms with Crippen molar-refractivity contribution in [2.45, 2.75) is 70.4 Å². The molecule has 0 spiro atoms. The van der Waals surface area contributed by atoms with E-state index in [0.717, 1.165) is 25.7 Å². The number of H-pyrrole nitrogens is 1. The highest BCUT2D eigenvalue weighted by molar-refractivity contribution is 5.08. The summed E-state index contributed by atoms with van der Waals surface area (Å²) in [5.74, 6) is 0. The number of nitrogens with one attached hydrogen (secondary N) is 2. The van der Waals surface area contributed by atoms with Gasteiger partial charge in [0.2, 0.25) is 0 Å². The van der Waals surface area contributed by atoms with Gasteiger partial charge in [0, 0.05) is 25.0 Å². The highest BCUT2D eigenvalue weighted by Crippen LogP contribution is 2.40. The first-order valence-corrected chi connectivity index (χ1v) is 10.1. The summed E-state index contributed by atoms with van der Waals surface area (Å²) in [6.07, 6.45) is 3.11. The van der Waals surface area contributed by atoms with Crippen molar-refractivity contribution in [1.82, 2.24) is 9.55 Å². The van der Waals surface area contributed by atoms with Crippen molar-refractivity contribution >= 4 is 0 Å². The molecular formula is C19H32N4O6.